The summed E-state index contributed by atoms with van der Waals surface area (Å²) >= 11 is 0. The molecule has 2 aromatic carbocycles. The van der Waals surface area contributed by atoms with Crippen molar-refractivity contribution in [3.63, 3.8) is 0 Å². The van der Waals surface area contributed by atoms with Crippen LogP contribution in [0.15, 0.2) is 78.9 Å². The molecule has 5 heteroatoms. The second-order valence-corrected chi connectivity index (χ2v) is 5.02. The van der Waals surface area contributed by atoms with Crippen molar-refractivity contribution in [2.24, 2.45) is 0 Å². The van der Waals surface area contributed by atoms with Crippen LogP contribution in [0.3, 0.4) is 0 Å². The molecule has 0 saturated heterocycles. The van der Waals surface area contributed by atoms with Gasteiger partial charge < -0.3 is 4.74 Å². The van der Waals surface area contributed by atoms with Gasteiger partial charge in [0.15, 0.2) is 0 Å². The number of hydrogen-bond acceptors (Lipinski definition) is 4. The molecule has 0 spiro atoms. The molecule has 0 fully saturated rings. The quantitative estimate of drug-likeness (QED) is 0.267. The number of hydroxylamine groups is 2. The lowest BCUT2D eigenvalue weighted by Crippen LogP contribution is -2.26. The maximum absolute atomic E-state index is 12.4. The van der Waals surface area contributed by atoms with E-state index in [0.29, 0.717) is 11.3 Å². The summed E-state index contributed by atoms with van der Waals surface area (Å²) in [6.45, 7) is 0. The summed E-state index contributed by atoms with van der Waals surface area (Å²) in [7, 11) is 2.93. The molecule has 0 saturated carbocycles. The molecule has 0 N–H and O–H groups in total. The molecule has 0 unspecified atom stereocenters. The average Bonchev–Trinajstić information content (AvgIpc) is 2.65. The summed E-state index contributed by atoms with van der Waals surface area (Å²) in [6, 6.07) is 17.9. The highest BCUT2D eigenvalue weighted by molar-refractivity contribution is 6.19. The van der Waals surface area contributed by atoms with Crippen LogP contribution in [0.1, 0.15) is 5.56 Å². The molecule has 25 heavy (non-hydrogen) atoms. The van der Waals surface area contributed by atoms with E-state index in [4.69, 9.17) is 9.57 Å². The first-order valence-electron chi connectivity index (χ1n) is 7.64. The molecular formula is C20H19NO4. The second-order valence-electron chi connectivity index (χ2n) is 5.02. The number of amides is 1. The van der Waals surface area contributed by atoms with Crippen LogP contribution in [0.25, 0.3) is 5.57 Å². The SMILES string of the molecule is CON(C)C(=O)/C(=C\C=C\C(=O)Oc1ccccc1)c1ccccc1. The van der Waals surface area contributed by atoms with Gasteiger partial charge >= 0.3 is 5.97 Å². The number of benzene rings is 2. The van der Waals surface area contributed by atoms with Crippen LogP contribution in [0.4, 0.5) is 0 Å². The third-order valence-corrected chi connectivity index (χ3v) is 3.33. The minimum atomic E-state index is -0.526. The van der Waals surface area contributed by atoms with Gasteiger partial charge in [0.2, 0.25) is 0 Å². The van der Waals surface area contributed by atoms with Crippen LogP contribution in [0.5, 0.6) is 5.75 Å². The van der Waals surface area contributed by atoms with Gasteiger partial charge in [0, 0.05) is 18.7 Å². The minimum absolute atomic E-state index is 0.324. The highest BCUT2D eigenvalue weighted by Crippen LogP contribution is 2.17. The highest BCUT2D eigenvalue weighted by Gasteiger charge is 2.15. The molecule has 0 heterocycles. The Hall–Kier alpha value is -3.18. The zero-order valence-corrected chi connectivity index (χ0v) is 14.1. The molecule has 128 valence electrons. The van der Waals surface area contributed by atoms with Crippen molar-refractivity contribution in [3.05, 3.63) is 84.5 Å². The fourth-order valence-corrected chi connectivity index (χ4v) is 2.02. The van der Waals surface area contributed by atoms with E-state index in [2.05, 4.69) is 0 Å². The average molecular weight is 337 g/mol. The molecule has 2 rings (SSSR count). The Morgan fingerprint density at radius 3 is 2.16 bits per heavy atom. The van der Waals surface area contributed by atoms with Gasteiger partial charge in [-0.25, -0.2) is 9.86 Å². The Bertz CT molecular complexity index is 767. The number of carbonyl (C=O) groups excluding carboxylic acids is 2. The number of likely N-dealkylation sites (N-methyl/N-ethyl adjacent to an activating group) is 1. The van der Waals surface area contributed by atoms with Crippen molar-refractivity contribution in [3.8, 4) is 5.75 Å². The smallest absolute Gasteiger partial charge is 0.336 e. The van der Waals surface area contributed by atoms with Gasteiger partial charge in [0.05, 0.1) is 7.11 Å². The Morgan fingerprint density at radius 1 is 0.960 bits per heavy atom. The largest absolute Gasteiger partial charge is 0.423 e. The van der Waals surface area contributed by atoms with Gasteiger partial charge in [-0.2, -0.15) is 0 Å². The van der Waals surface area contributed by atoms with E-state index in [-0.39, 0.29) is 5.91 Å². The van der Waals surface area contributed by atoms with Crippen molar-refractivity contribution < 1.29 is 19.2 Å². The predicted molar refractivity (Wildman–Crippen MR) is 95.4 cm³/mol. The molecule has 0 radical (unpaired) electrons. The summed E-state index contributed by atoms with van der Waals surface area (Å²) in [4.78, 5) is 29.2. The lowest BCUT2D eigenvalue weighted by atomic mass is 10.0. The van der Waals surface area contributed by atoms with Crippen molar-refractivity contribution in [2.75, 3.05) is 14.2 Å². The molecule has 0 atom stereocenters. The van der Waals surface area contributed by atoms with Crippen molar-refractivity contribution >= 4 is 17.4 Å². The standard InChI is InChI=1S/C20H19NO4/c1-21(24-2)20(23)18(16-10-5-3-6-11-16)14-9-15-19(22)25-17-12-7-4-8-13-17/h3-15H,1-2H3/b15-9+,18-14-. The van der Waals surface area contributed by atoms with Gasteiger partial charge in [-0.1, -0.05) is 54.6 Å². The Kier molecular flexibility index (Phi) is 6.68. The Morgan fingerprint density at radius 2 is 1.56 bits per heavy atom. The summed E-state index contributed by atoms with van der Waals surface area (Å²) < 4.78 is 5.16. The number of nitrogens with zero attached hydrogens (tertiary/aromatic N) is 1. The van der Waals surface area contributed by atoms with Crippen LogP contribution in [-0.4, -0.2) is 31.1 Å². The van der Waals surface area contributed by atoms with E-state index >= 15 is 0 Å². The van der Waals surface area contributed by atoms with Crippen LogP contribution >= 0.6 is 0 Å². The van der Waals surface area contributed by atoms with Gasteiger partial charge in [0.25, 0.3) is 5.91 Å². The van der Waals surface area contributed by atoms with Crippen LogP contribution < -0.4 is 4.74 Å². The van der Waals surface area contributed by atoms with Crippen molar-refractivity contribution in [2.45, 2.75) is 0 Å². The maximum atomic E-state index is 12.4. The number of carbonyl (C=O) groups is 2. The van der Waals surface area contributed by atoms with E-state index in [9.17, 15) is 9.59 Å². The topological polar surface area (TPSA) is 55.8 Å². The number of allylic oxidation sites excluding steroid dienone is 2. The third kappa shape index (κ3) is 5.44. The normalized spacial score (nSPS) is 11.4. The van der Waals surface area contributed by atoms with E-state index < -0.39 is 5.97 Å². The molecule has 2 aromatic rings. The molecule has 1 amide bonds. The van der Waals surface area contributed by atoms with E-state index in [1.165, 1.54) is 26.3 Å². The molecular weight excluding hydrogens is 318 g/mol. The van der Waals surface area contributed by atoms with Crippen LogP contribution in [-0.2, 0) is 14.4 Å². The number of hydrogen-bond donors (Lipinski definition) is 0. The Labute approximate surface area is 146 Å². The molecule has 0 aliphatic rings. The lowest BCUT2D eigenvalue weighted by molar-refractivity contribution is -0.161. The second kappa shape index (κ2) is 9.20. The first kappa shape index (κ1) is 18.2. The number of para-hydroxylation sites is 1. The van der Waals surface area contributed by atoms with Gasteiger partial charge in [-0.3, -0.25) is 9.63 Å². The van der Waals surface area contributed by atoms with Crippen molar-refractivity contribution in [1.29, 1.82) is 0 Å². The molecule has 0 aliphatic carbocycles. The van der Waals surface area contributed by atoms with Gasteiger partial charge in [0.1, 0.15) is 5.75 Å². The number of esters is 1. The van der Waals surface area contributed by atoms with E-state index in [1.54, 1.807) is 30.3 Å². The highest BCUT2D eigenvalue weighted by atomic mass is 16.7. The molecule has 0 aliphatic heterocycles. The lowest BCUT2D eigenvalue weighted by Gasteiger charge is -2.15. The first-order valence-corrected chi connectivity index (χ1v) is 7.64. The van der Waals surface area contributed by atoms with E-state index in [1.807, 2.05) is 36.4 Å². The van der Waals surface area contributed by atoms with Crippen LogP contribution in [0.2, 0.25) is 0 Å². The molecule has 0 bridgehead atoms. The summed E-state index contributed by atoms with van der Waals surface area (Å²) in [5.74, 6) is -0.392. The zero-order chi connectivity index (χ0) is 18.1. The Balaban J connectivity index is 2.16. The fourth-order valence-electron chi connectivity index (χ4n) is 2.02. The zero-order valence-electron chi connectivity index (χ0n) is 14.1. The monoisotopic (exact) mass is 337 g/mol. The number of rotatable bonds is 6. The summed E-state index contributed by atoms with van der Waals surface area (Å²) in [5, 5.41) is 1.12. The predicted octanol–water partition coefficient (Wildman–Crippen LogP) is 3.25. The number of ether oxygens (including phenoxy) is 1. The van der Waals surface area contributed by atoms with Gasteiger partial charge in [-0.05, 0) is 23.8 Å². The first-order chi connectivity index (χ1) is 12.1. The minimum Gasteiger partial charge on any atom is -0.423 e. The third-order valence-electron chi connectivity index (χ3n) is 3.33. The maximum Gasteiger partial charge on any atom is 0.336 e. The van der Waals surface area contributed by atoms with E-state index in [0.717, 1.165) is 10.6 Å². The fraction of sp³-hybridized carbons (Fsp3) is 0.100. The van der Waals surface area contributed by atoms with Gasteiger partial charge in [-0.15, -0.1) is 0 Å². The van der Waals surface area contributed by atoms with Crippen molar-refractivity contribution in [1.82, 2.24) is 5.06 Å². The summed E-state index contributed by atoms with van der Waals surface area (Å²) in [5.41, 5.74) is 1.12. The van der Waals surface area contributed by atoms with Crippen LogP contribution in [0, 0.1) is 0 Å². The molecule has 0 aromatic heterocycles. The summed E-state index contributed by atoms with van der Waals surface area (Å²) in [6.07, 6.45) is 4.30. The molecule has 5 nitrogen and oxygen atoms in total.